The largest absolute Gasteiger partial charge is 0.375 e. The van der Waals surface area contributed by atoms with Crippen molar-refractivity contribution >= 4 is 27.7 Å². The molecule has 6 nitrogen and oxygen atoms in total. The maximum absolute atomic E-state index is 12.3. The highest BCUT2D eigenvalue weighted by Crippen LogP contribution is 2.17. The molecule has 2 aliphatic rings. The summed E-state index contributed by atoms with van der Waals surface area (Å²) >= 11 is 3.39. The number of hydrogen-bond acceptors (Lipinski definition) is 5. The van der Waals surface area contributed by atoms with Crippen LogP contribution in [0, 0.1) is 0 Å². The highest BCUT2D eigenvalue weighted by Gasteiger charge is 2.25. The molecule has 2 fully saturated rings. The van der Waals surface area contributed by atoms with Crippen LogP contribution in [0.2, 0.25) is 0 Å². The molecule has 1 amide bonds. The predicted octanol–water partition coefficient (Wildman–Crippen LogP) is 0.871. The molecule has 1 unspecified atom stereocenters. The SMILES string of the molecule is O=C(CC1CNCCO1)N1CCN(c2ccc(Br)cn2)CC1. The molecule has 7 heteroatoms. The Bertz CT molecular complexity index is 497. The van der Waals surface area contributed by atoms with Gasteiger partial charge in [0.2, 0.25) is 5.91 Å². The van der Waals surface area contributed by atoms with Crippen molar-refractivity contribution in [3.63, 3.8) is 0 Å². The highest BCUT2D eigenvalue weighted by molar-refractivity contribution is 9.10. The van der Waals surface area contributed by atoms with Gasteiger partial charge in [0.25, 0.3) is 0 Å². The summed E-state index contributed by atoms with van der Waals surface area (Å²) in [6, 6.07) is 4.00. The molecule has 0 spiro atoms. The van der Waals surface area contributed by atoms with Gasteiger partial charge >= 0.3 is 0 Å². The van der Waals surface area contributed by atoms with Gasteiger partial charge in [-0.1, -0.05) is 0 Å². The van der Waals surface area contributed by atoms with Crippen LogP contribution in [0.3, 0.4) is 0 Å². The molecule has 1 aromatic heterocycles. The Balaban J connectivity index is 1.48. The van der Waals surface area contributed by atoms with Crippen LogP contribution in [-0.4, -0.2) is 67.8 Å². The molecule has 1 aromatic rings. The van der Waals surface area contributed by atoms with E-state index in [0.29, 0.717) is 13.0 Å². The number of rotatable bonds is 3. The summed E-state index contributed by atoms with van der Waals surface area (Å²) in [6.45, 7) is 5.49. The fraction of sp³-hybridized carbons (Fsp3) is 0.600. The van der Waals surface area contributed by atoms with E-state index in [9.17, 15) is 4.79 Å². The minimum absolute atomic E-state index is 0.0208. The Morgan fingerprint density at radius 1 is 1.36 bits per heavy atom. The van der Waals surface area contributed by atoms with E-state index in [2.05, 4.69) is 31.1 Å². The number of halogens is 1. The Morgan fingerprint density at radius 3 is 2.82 bits per heavy atom. The van der Waals surface area contributed by atoms with Crippen LogP contribution in [0.5, 0.6) is 0 Å². The van der Waals surface area contributed by atoms with Gasteiger partial charge < -0.3 is 19.9 Å². The third-order valence-electron chi connectivity index (χ3n) is 4.07. The minimum atomic E-state index is 0.0208. The van der Waals surface area contributed by atoms with Crippen molar-refractivity contribution in [3.05, 3.63) is 22.8 Å². The normalized spacial score (nSPS) is 22.7. The van der Waals surface area contributed by atoms with Gasteiger partial charge in [-0.2, -0.15) is 0 Å². The van der Waals surface area contributed by atoms with Crippen molar-refractivity contribution in [2.75, 3.05) is 50.8 Å². The number of aromatic nitrogens is 1. The first-order chi connectivity index (χ1) is 10.7. The molecule has 0 bridgehead atoms. The van der Waals surface area contributed by atoms with Crippen molar-refractivity contribution in [2.24, 2.45) is 0 Å². The van der Waals surface area contributed by atoms with E-state index in [1.54, 1.807) is 6.20 Å². The number of nitrogens with one attached hydrogen (secondary N) is 1. The molecular weight excluding hydrogens is 348 g/mol. The molecule has 1 N–H and O–H groups in total. The molecule has 2 saturated heterocycles. The molecule has 0 radical (unpaired) electrons. The molecule has 22 heavy (non-hydrogen) atoms. The second-order valence-electron chi connectivity index (χ2n) is 5.60. The van der Waals surface area contributed by atoms with E-state index in [4.69, 9.17) is 4.74 Å². The number of hydrogen-bond donors (Lipinski definition) is 1. The summed E-state index contributed by atoms with van der Waals surface area (Å²) < 4.78 is 6.58. The summed E-state index contributed by atoms with van der Waals surface area (Å²) in [4.78, 5) is 20.9. The van der Waals surface area contributed by atoms with E-state index in [0.717, 1.165) is 49.6 Å². The Hall–Kier alpha value is -1.18. The Morgan fingerprint density at radius 2 is 2.18 bits per heavy atom. The third kappa shape index (κ3) is 3.97. The van der Waals surface area contributed by atoms with Crippen LogP contribution in [0.25, 0.3) is 0 Å². The topological polar surface area (TPSA) is 57.7 Å². The first kappa shape index (κ1) is 15.7. The Kier molecular flexibility index (Phi) is 5.28. The zero-order valence-corrected chi connectivity index (χ0v) is 14.1. The minimum Gasteiger partial charge on any atom is -0.375 e. The molecule has 1 atom stereocenters. The number of anilines is 1. The summed E-state index contributed by atoms with van der Waals surface area (Å²) in [5.74, 6) is 1.16. The molecule has 0 saturated carbocycles. The second kappa shape index (κ2) is 7.39. The van der Waals surface area contributed by atoms with Crippen LogP contribution >= 0.6 is 15.9 Å². The van der Waals surface area contributed by atoms with Gasteiger partial charge in [0.1, 0.15) is 5.82 Å². The summed E-state index contributed by atoms with van der Waals surface area (Å²) in [7, 11) is 0. The lowest BCUT2D eigenvalue weighted by Crippen LogP contribution is -2.50. The van der Waals surface area contributed by atoms with E-state index < -0.39 is 0 Å². The van der Waals surface area contributed by atoms with Gasteiger partial charge in [-0.15, -0.1) is 0 Å². The van der Waals surface area contributed by atoms with E-state index in [-0.39, 0.29) is 12.0 Å². The van der Waals surface area contributed by atoms with Gasteiger partial charge in [0, 0.05) is 49.9 Å². The number of carbonyl (C=O) groups is 1. The van der Waals surface area contributed by atoms with Crippen LogP contribution in [-0.2, 0) is 9.53 Å². The lowest BCUT2D eigenvalue weighted by atomic mass is 10.2. The smallest absolute Gasteiger partial charge is 0.225 e. The van der Waals surface area contributed by atoms with Crippen molar-refractivity contribution in [1.29, 1.82) is 0 Å². The third-order valence-corrected chi connectivity index (χ3v) is 4.54. The number of piperazine rings is 1. The zero-order chi connectivity index (χ0) is 15.4. The summed E-state index contributed by atoms with van der Waals surface area (Å²) in [5, 5.41) is 3.26. The Labute approximate surface area is 139 Å². The molecule has 3 rings (SSSR count). The number of ether oxygens (including phenoxy) is 1. The summed E-state index contributed by atoms with van der Waals surface area (Å²) in [6.07, 6.45) is 2.30. The number of morpholine rings is 1. The lowest BCUT2D eigenvalue weighted by Gasteiger charge is -2.36. The number of carbonyl (C=O) groups excluding carboxylic acids is 1. The predicted molar refractivity (Wildman–Crippen MR) is 88.0 cm³/mol. The van der Waals surface area contributed by atoms with Gasteiger partial charge in [-0.25, -0.2) is 4.98 Å². The van der Waals surface area contributed by atoms with E-state index in [1.165, 1.54) is 0 Å². The van der Waals surface area contributed by atoms with Crippen molar-refractivity contribution in [3.8, 4) is 0 Å². The van der Waals surface area contributed by atoms with Gasteiger partial charge in [-0.3, -0.25) is 4.79 Å². The molecule has 120 valence electrons. The quantitative estimate of drug-likeness (QED) is 0.857. The van der Waals surface area contributed by atoms with Gasteiger partial charge in [0.15, 0.2) is 0 Å². The summed E-state index contributed by atoms with van der Waals surface area (Å²) in [5.41, 5.74) is 0. The molecule has 2 aliphatic heterocycles. The van der Waals surface area contributed by atoms with Crippen LogP contribution in [0.15, 0.2) is 22.8 Å². The molecule has 0 aromatic carbocycles. The average molecular weight is 369 g/mol. The number of pyridine rings is 1. The maximum Gasteiger partial charge on any atom is 0.225 e. The van der Waals surface area contributed by atoms with Crippen molar-refractivity contribution in [2.45, 2.75) is 12.5 Å². The van der Waals surface area contributed by atoms with Crippen molar-refractivity contribution in [1.82, 2.24) is 15.2 Å². The maximum atomic E-state index is 12.3. The fourth-order valence-corrected chi connectivity index (χ4v) is 3.05. The van der Waals surface area contributed by atoms with E-state index in [1.807, 2.05) is 17.0 Å². The van der Waals surface area contributed by atoms with Crippen molar-refractivity contribution < 1.29 is 9.53 Å². The van der Waals surface area contributed by atoms with Crippen LogP contribution in [0.4, 0.5) is 5.82 Å². The first-order valence-corrected chi connectivity index (χ1v) is 8.48. The molecule has 0 aliphatic carbocycles. The van der Waals surface area contributed by atoms with Gasteiger partial charge in [0.05, 0.1) is 19.1 Å². The molecular formula is C15H21BrN4O2. The number of nitrogens with zero attached hydrogens (tertiary/aromatic N) is 3. The first-order valence-electron chi connectivity index (χ1n) is 7.69. The van der Waals surface area contributed by atoms with Crippen LogP contribution < -0.4 is 10.2 Å². The second-order valence-corrected chi connectivity index (χ2v) is 6.52. The highest BCUT2D eigenvalue weighted by atomic mass is 79.9. The standard InChI is InChI=1S/C15H21BrN4O2/c16-12-1-2-14(18-10-12)19-4-6-20(7-5-19)15(21)9-13-11-17-3-8-22-13/h1-2,10,13,17H,3-9,11H2. The average Bonchev–Trinajstić information content (AvgIpc) is 2.57. The van der Waals surface area contributed by atoms with Gasteiger partial charge in [-0.05, 0) is 28.1 Å². The van der Waals surface area contributed by atoms with Crippen LogP contribution in [0.1, 0.15) is 6.42 Å². The fourth-order valence-electron chi connectivity index (χ4n) is 2.81. The number of amides is 1. The zero-order valence-electron chi connectivity index (χ0n) is 12.5. The van der Waals surface area contributed by atoms with E-state index >= 15 is 0 Å². The lowest BCUT2D eigenvalue weighted by molar-refractivity contribution is -0.135. The monoisotopic (exact) mass is 368 g/mol. The molecule has 3 heterocycles.